The van der Waals surface area contributed by atoms with Crippen LogP contribution in [-0.2, 0) is 0 Å². The summed E-state index contributed by atoms with van der Waals surface area (Å²) < 4.78 is 5.26. The van der Waals surface area contributed by atoms with Crippen LogP contribution in [0.25, 0.3) is 0 Å². The van der Waals surface area contributed by atoms with Crippen molar-refractivity contribution in [2.45, 2.75) is 44.7 Å². The van der Waals surface area contributed by atoms with E-state index in [0.717, 1.165) is 16.9 Å². The fraction of sp³-hybridized carbons (Fsp3) is 0.600. The molecule has 2 rings (SSSR count). The number of aryl methyl sites for hydroxylation is 1. The molecule has 3 nitrogen and oxygen atoms in total. The number of rotatable bonds is 5. The summed E-state index contributed by atoms with van der Waals surface area (Å²) >= 11 is 0. The lowest BCUT2D eigenvalue weighted by Crippen LogP contribution is -2.32. The average molecular weight is 249 g/mol. The Hall–Kier alpha value is -1.06. The Bertz CT molecular complexity index is 386. The lowest BCUT2D eigenvalue weighted by Gasteiger charge is -2.22. The molecule has 0 amide bonds. The van der Waals surface area contributed by atoms with Crippen molar-refractivity contribution in [1.82, 2.24) is 5.32 Å². The van der Waals surface area contributed by atoms with Crippen LogP contribution in [0.3, 0.4) is 0 Å². The second-order valence-corrected chi connectivity index (χ2v) is 5.11. The molecule has 1 aliphatic carbocycles. The standard InChI is InChI=1S/C15H23NO2/c1-11-9-12(7-8-15(11)18-2)14(10-17)16-13-5-3-4-6-13/h7-9,13-14,16-17H,3-6,10H2,1-2H3. The molecule has 100 valence electrons. The van der Waals surface area contributed by atoms with Gasteiger partial charge in [-0.25, -0.2) is 0 Å². The minimum absolute atomic E-state index is 0.0395. The van der Waals surface area contributed by atoms with E-state index in [9.17, 15) is 5.11 Å². The Morgan fingerprint density at radius 2 is 2.11 bits per heavy atom. The van der Waals surface area contributed by atoms with Gasteiger partial charge < -0.3 is 15.2 Å². The molecular formula is C15H23NO2. The molecule has 2 N–H and O–H groups in total. The number of aliphatic hydroxyl groups is 1. The summed E-state index contributed by atoms with van der Waals surface area (Å²) in [6.45, 7) is 2.18. The minimum Gasteiger partial charge on any atom is -0.496 e. The normalized spacial score (nSPS) is 17.9. The van der Waals surface area contributed by atoms with Crippen molar-refractivity contribution in [3.05, 3.63) is 29.3 Å². The molecule has 3 heteroatoms. The summed E-state index contributed by atoms with van der Waals surface area (Å²) in [5.41, 5.74) is 2.25. The van der Waals surface area contributed by atoms with Crippen LogP contribution in [0.4, 0.5) is 0 Å². The van der Waals surface area contributed by atoms with Crippen LogP contribution in [0.1, 0.15) is 42.9 Å². The maximum Gasteiger partial charge on any atom is 0.121 e. The van der Waals surface area contributed by atoms with Gasteiger partial charge in [0, 0.05) is 6.04 Å². The molecule has 1 atom stereocenters. The van der Waals surface area contributed by atoms with Crippen molar-refractivity contribution in [2.75, 3.05) is 13.7 Å². The molecule has 1 saturated carbocycles. The zero-order chi connectivity index (χ0) is 13.0. The van der Waals surface area contributed by atoms with Crippen molar-refractivity contribution in [3.63, 3.8) is 0 Å². The van der Waals surface area contributed by atoms with Gasteiger partial charge in [0.2, 0.25) is 0 Å². The van der Waals surface area contributed by atoms with Gasteiger partial charge in [0.25, 0.3) is 0 Å². The lowest BCUT2D eigenvalue weighted by atomic mass is 10.0. The Labute approximate surface area is 109 Å². The van der Waals surface area contributed by atoms with Crippen molar-refractivity contribution >= 4 is 0 Å². The number of hydrogen-bond donors (Lipinski definition) is 2. The molecular weight excluding hydrogens is 226 g/mol. The molecule has 1 aromatic rings. The summed E-state index contributed by atoms with van der Waals surface area (Å²) in [7, 11) is 1.68. The fourth-order valence-electron chi connectivity index (χ4n) is 2.75. The van der Waals surface area contributed by atoms with E-state index in [1.165, 1.54) is 25.7 Å². The fourth-order valence-corrected chi connectivity index (χ4v) is 2.75. The third-order valence-electron chi connectivity index (χ3n) is 3.80. The maximum atomic E-state index is 9.56. The Kier molecular flexibility index (Phi) is 4.61. The summed E-state index contributed by atoms with van der Waals surface area (Å²) in [4.78, 5) is 0. The number of hydrogen-bond acceptors (Lipinski definition) is 3. The first kappa shape index (κ1) is 13.4. The van der Waals surface area contributed by atoms with Crippen molar-refractivity contribution < 1.29 is 9.84 Å². The lowest BCUT2D eigenvalue weighted by molar-refractivity contribution is 0.233. The number of nitrogens with one attached hydrogen (secondary N) is 1. The van der Waals surface area contributed by atoms with Crippen molar-refractivity contribution in [1.29, 1.82) is 0 Å². The highest BCUT2D eigenvalue weighted by Gasteiger charge is 2.20. The topological polar surface area (TPSA) is 41.5 Å². The van der Waals surface area contributed by atoms with Gasteiger partial charge in [0.05, 0.1) is 19.8 Å². The zero-order valence-corrected chi connectivity index (χ0v) is 11.3. The summed E-state index contributed by atoms with van der Waals surface area (Å²) in [5.74, 6) is 0.899. The van der Waals surface area contributed by atoms with Gasteiger partial charge in [-0.1, -0.05) is 25.0 Å². The van der Waals surface area contributed by atoms with Crippen LogP contribution in [0.2, 0.25) is 0 Å². The first-order valence-electron chi connectivity index (χ1n) is 6.76. The van der Waals surface area contributed by atoms with Gasteiger partial charge in [-0.15, -0.1) is 0 Å². The predicted octanol–water partition coefficient (Wildman–Crippen LogP) is 2.57. The van der Waals surface area contributed by atoms with E-state index in [0.29, 0.717) is 6.04 Å². The molecule has 1 aromatic carbocycles. The highest BCUT2D eigenvalue weighted by molar-refractivity contribution is 5.37. The quantitative estimate of drug-likeness (QED) is 0.842. The van der Waals surface area contributed by atoms with Gasteiger partial charge in [-0.3, -0.25) is 0 Å². The summed E-state index contributed by atoms with van der Waals surface area (Å²) in [5, 5.41) is 13.1. The Morgan fingerprint density at radius 1 is 1.39 bits per heavy atom. The first-order valence-corrected chi connectivity index (χ1v) is 6.76. The second kappa shape index (κ2) is 6.21. The number of benzene rings is 1. The Morgan fingerprint density at radius 3 is 2.67 bits per heavy atom. The van der Waals surface area contributed by atoms with E-state index in [1.807, 2.05) is 19.1 Å². The molecule has 0 bridgehead atoms. The second-order valence-electron chi connectivity index (χ2n) is 5.11. The third kappa shape index (κ3) is 3.03. The molecule has 0 aliphatic heterocycles. The van der Waals surface area contributed by atoms with Gasteiger partial charge in [-0.2, -0.15) is 0 Å². The zero-order valence-electron chi connectivity index (χ0n) is 11.3. The predicted molar refractivity (Wildman–Crippen MR) is 72.9 cm³/mol. The van der Waals surface area contributed by atoms with Crippen LogP contribution in [0.15, 0.2) is 18.2 Å². The van der Waals surface area contributed by atoms with Gasteiger partial charge in [0.15, 0.2) is 0 Å². The monoisotopic (exact) mass is 249 g/mol. The van der Waals surface area contributed by atoms with Gasteiger partial charge >= 0.3 is 0 Å². The van der Waals surface area contributed by atoms with Crippen LogP contribution in [-0.4, -0.2) is 24.9 Å². The molecule has 1 fully saturated rings. The van der Waals surface area contributed by atoms with E-state index in [4.69, 9.17) is 4.74 Å². The highest BCUT2D eigenvalue weighted by atomic mass is 16.5. The summed E-state index contributed by atoms with van der Waals surface area (Å²) in [6, 6.07) is 6.71. The van der Waals surface area contributed by atoms with E-state index < -0.39 is 0 Å². The Balaban J connectivity index is 2.08. The molecule has 1 unspecified atom stereocenters. The summed E-state index contributed by atoms with van der Waals surface area (Å²) in [6.07, 6.45) is 5.06. The largest absolute Gasteiger partial charge is 0.496 e. The van der Waals surface area contributed by atoms with E-state index in [2.05, 4.69) is 11.4 Å². The molecule has 18 heavy (non-hydrogen) atoms. The van der Waals surface area contributed by atoms with Crippen molar-refractivity contribution in [3.8, 4) is 5.75 Å². The number of aliphatic hydroxyl groups excluding tert-OH is 1. The maximum absolute atomic E-state index is 9.56. The van der Waals surface area contributed by atoms with Crippen molar-refractivity contribution in [2.24, 2.45) is 0 Å². The SMILES string of the molecule is COc1ccc(C(CO)NC2CCCC2)cc1C. The molecule has 0 spiro atoms. The first-order chi connectivity index (χ1) is 8.74. The van der Waals surface area contributed by atoms with Crippen LogP contribution < -0.4 is 10.1 Å². The van der Waals surface area contributed by atoms with Crippen LogP contribution in [0.5, 0.6) is 5.75 Å². The smallest absolute Gasteiger partial charge is 0.121 e. The molecule has 0 saturated heterocycles. The van der Waals surface area contributed by atoms with Gasteiger partial charge in [-0.05, 0) is 37.0 Å². The minimum atomic E-state index is 0.0395. The third-order valence-corrected chi connectivity index (χ3v) is 3.80. The molecule has 1 aliphatic rings. The average Bonchev–Trinajstić information content (AvgIpc) is 2.88. The van der Waals surface area contributed by atoms with Gasteiger partial charge in [0.1, 0.15) is 5.75 Å². The van der Waals surface area contributed by atoms with E-state index in [-0.39, 0.29) is 12.6 Å². The molecule has 0 aromatic heterocycles. The van der Waals surface area contributed by atoms with Crippen LogP contribution in [0, 0.1) is 6.92 Å². The highest BCUT2D eigenvalue weighted by Crippen LogP contribution is 2.25. The number of methoxy groups -OCH3 is 1. The molecule has 0 heterocycles. The number of ether oxygens (including phenoxy) is 1. The van der Waals surface area contributed by atoms with E-state index in [1.54, 1.807) is 7.11 Å². The molecule has 0 radical (unpaired) electrons. The van der Waals surface area contributed by atoms with E-state index >= 15 is 0 Å². The van der Waals surface area contributed by atoms with Crippen LogP contribution >= 0.6 is 0 Å².